The number of para-hydroxylation sites is 1. The minimum absolute atomic E-state index is 0.145. The molecule has 1 N–H and O–H groups in total. The zero-order valence-electron chi connectivity index (χ0n) is 16.6. The number of anilines is 1. The number of rotatable bonds is 6. The van der Waals surface area contributed by atoms with Gasteiger partial charge < -0.3 is 14.8 Å². The first kappa shape index (κ1) is 18.8. The fourth-order valence-corrected chi connectivity index (χ4v) is 4.72. The quantitative estimate of drug-likeness (QED) is 0.602. The summed E-state index contributed by atoms with van der Waals surface area (Å²) in [5.41, 5.74) is 3.69. The molecule has 0 radical (unpaired) electrons. The molecule has 1 aliphatic heterocycles. The van der Waals surface area contributed by atoms with Crippen LogP contribution in [0.5, 0.6) is 11.5 Å². The molecule has 146 valence electrons. The van der Waals surface area contributed by atoms with Crippen LogP contribution in [0.1, 0.15) is 34.0 Å². The van der Waals surface area contributed by atoms with Gasteiger partial charge in [-0.05, 0) is 36.2 Å². The van der Waals surface area contributed by atoms with Crippen molar-refractivity contribution in [3.05, 3.63) is 75.5 Å². The third kappa shape index (κ3) is 3.73. The first-order valence-corrected chi connectivity index (χ1v) is 10.4. The molecule has 5 heteroatoms. The molecule has 4 rings (SSSR count). The Morgan fingerprint density at radius 3 is 2.68 bits per heavy atom. The molecule has 1 aliphatic rings. The minimum Gasteiger partial charge on any atom is -0.497 e. The van der Waals surface area contributed by atoms with E-state index in [0.717, 1.165) is 36.6 Å². The van der Waals surface area contributed by atoms with Gasteiger partial charge in [-0.1, -0.05) is 31.2 Å². The molecule has 0 aliphatic carbocycles. The summed E-state index contributed by atoms with van der Waals surface area (Å²) in [7, 11) is 3.39. The van der Waals surface area contributed by atoms with Gasteiger partial charge in [0.25, 0.3) is 0 Å². The minimum atomic E-state index is 0.145. The number of aryl methyl sites for hydroxylation is 1. The van der Waals surface area contributed by atoms with Crippen molar-refractivity contribution in [3.63, 3.8) is 0 Å². The third-order valence-electron chi connectivity index (χ3n) is 5.22. The predicted molar refractivity (Wildman–Crippen MR) is 115 cm³/mol. The molecule has 1 atom stereocenters. The van der Waals surface area contributed by atoms with E-state index in [1.807, 2.05) is 23.5 Å². The lowest BCUT2D eigenvalue weighted by Gasteiger charge is -2.38. The van der Waals surface area contributed by atoms with Crippen LogP contribution in [0.2, 0.25) is 0 Å². The molecule has 0 spiro atoms. The Hall–Kier alpha value is -2.50. The van der Waals surface area contributed by atoms with Gasteiger partial charge in [0.1, 0.15) is 17.7 Å². The molecule has 0 saturated carbocycles. The van der Waals surface area contributed by atoms with Gasteiger partial charge in [0.15, 0.2) is 0 Å². The summed E-state index contributed by atoms with van der Waals surface area (Å²) >= 11 is 1.89. The summed E-state index contributed by atoms with van der Waals surface area (Å²) in [6.07, 6.45) is 1.22. The average molecular weight is 395 g/mol. The van der Waals surface area contributed by atoms with Gasteiger partial charge in [-0.3, -0.25) is 4.90 Å². The maximum Gasteiger partial charge on any atom is 0.127 e. The number of hydrogen-bond donors (Lipinski definition) is 1. The van der Waals surface area contributed by atoms with Crippen molar-refractivity contribution >= 4 is 17.0 Å². The van der Waals surface area contributed by atoms with Gasteiger partial charge in [0.05, 0.1) is 14.2 Å². The summed E-state index contributed by atoms with van der Waals surface area (Å²) in [4.78, 5) is 5.23. The second kappa shape index (κ2) is 8.25. The Morgan fingerprint density at radius 2 is 1.93 bits per heavy atom. The van der Waals surface area contributed by atoms with Gasteiger partial charge in [-0.15, -0.1) is 11.3 Å². The van der Waals surface area contributed by atoms with Crippen molar-refractivity contribution in [3.8, 4) is 11.5 Å². The molecule has 28 heavy (non-hydrogen) atoms. The molecule has 1 unspecified atom stereocenters. The lowest BCUT2D eigenvalue weighted by atomic mass is 10.1. The number of nitrogens with one attached hydrogen (secondary N) is 1. The summed E-state index contributed by atoms with van der Waals surface area (Å²) in [5.74, 6) is 1.67. The van der Waals surface area contributed by atoms with Gasteiger partial charge >= 0.3 is 0 Å². The van der Waals surface area contributed by atoms with Crippen molar-refractivity contribution in [2.75, 3.05) is 19.5 Å². The van der Waals surface area contributed by atoms with E-state index >= 15 is 0 Å². The molecule has 4 nitrogen and oxygen atoms in total. The number of benzene rings is 2. The fourth-order valence-electron chi connectivity index (χ4n) is 3.68. The Bertz CT molecular complexity index is 953. The van der Waals surface area contributed by atoms with Crippen molar-refractivity contribution in [1.29, 1.82) is 0 Å². The standard InChI is InChI=1S/C23H26N2O2S/c1-4-19-11-12-22(28-19)23-24-20-8-6-5-7-16(20)14-25(23)15-17-9-10-18(26-2)13-21(17)27-3/h5-13,23-24H,4,14-15H2,1-3H3. The monoisotopic (exact) mass is 394 g/mol. The van der Waals surface area contributed by atoms with Gasteiger partial charge in [0.2, 0.25) is 0 Å². The van der Waals surface area contributed by atoms with E-state index in [9.17, 15) is 0 Å². The summed E-state index contributed by atoms with van der Waals surface area (Å²) in [6, 6.07) is 19.1. The van der Waals surface area contributed by atoms with E-state index < -0.39 is 0 Å². The van der Waals surface area contributed by atoms with Gasteiger partial charge in [-0.25, -0.2) is 0 Å². The first-order valence-electron chi connectivity index (χ1n) is 9.59. The van der Waals surface area contributed by atoms with E-state index in [1.54, 1.807) is 14.2 Å². The lowest BCUT2D eigenvalue weighted by molar-refractivity contribution is 0.189. The highest BCUT2D eigenvalue weighted by atomic mass is 32.1. The highest BCUT2D eigenvalue weighted by molar-refractivity contribution is 7.12. The molecule has 2 aromatic carbocycles. The molecule has 0 amide bonds. The highest BCUT2D eigenvalue weighted by Gasteiger charge is 2.28. The Morgan fingerprint density at radius 1 is 1.07 bits per heavy atom. The smallest absolute Gasteiger partial charge is 0.127 e. The molecular weight excluding hydrogens is 368 g/mol. The third-order valence-corrected chi connectivity index (χ3v) is 6.50. The predicted octanol–water partition coefficient (Wildman–Crippen LogP) is 5.45. The zero-order valence-corrected chi connectivity index (χ0v) is 17.4. The molecule has 2 heterocycles. The summed E-state index contributed by atoms with van der Waals surface area (Å²) in [5, 5.41) is 3.75. The van der Waals surface area contributed by atoms with Crippen LogP contribution in [0.25, 0.3) is 0 Å². The van der Waals surface area contributed by atoms with Crippen molar-refractivity contribution in [2.24, 2.45) is 0 Å². The second-order valence-corrected chi connectivity index (χ2v) is 8.14. The van der Waals surface area contributed by atoms with Crippen molar-refractivity contribution < 1.29 is 9.47 Å². The van der Waals surface area contributed by atoms with E-state index in [4.69, 9.17) is 9.47 Å². The molecule has 0 saturated heterocycles. The highest BCUT2D eigenvalue weighted by Crippen LogP contribution is 2.38. The molecule has 0 bridgehead atoms. The maximum absolute atomic E-state index is 5.64. The van der Waals surface area contributed by atoms with Gasteiger partial charge in [0, 0.05) is 40.2 Å². The van der Waals surface area contributed by atoms with Gasteiger partial charge in [-0.2, -0.15) is 0 Å². The van der Waals surface area contributed by atoms with E-state index in [0.29, 0.717) is 0 Å². The maximum atomic E-state index is 5.64. The van der Waals surface area contributed by atoms with Crippen LogP contribution in [-0.4, -0.2) is 19.1 Å². The SMILES string of the molecule is CCc1ccc(C2Nc3ccccc3CN2Cc2ccc(OC)cc2OC)s1. The second-order valence-electron chi connectivity index (χ2n) is 6.94. The number of methoxy groups -OCH3 is 2. The van der Waals surface area contributed by atoms with Crippen molar-refractivity contribution in [1.82, 2.24) is 4.90 Å². The van der Waals surface area contributed by atoms with Crippen LogP contribution in [0.4, 0.5) is 5.69 Å². The molecule has 1 aromatic heterocycles. The van der Waals surface area contributed by atoms with E-state index in [1.165, 1.54) is 21.0 Å². The Kier molecular flexibility index (Phi) is 5.55. The number of fused-ring (bicyclic) bond motifs is 1. The van der Waals surface area contributed by atoms with Crippen LogP contribution in [0.15, 0.2) is 54.6 Å². The number of thiophene rings is 1. The summed E-state index contributed by atoms with van der Waals surface area (Å²) < 4.78 is 11.0. The normalized spacial score (nSPS) is 16.3. The number of hydrogen-bond acceptors (Lipinski definition) is 5. The number of ether oxygens (including phenoxy) is 2. The molecule has 0 fully saturated rings. The topological polar surface area (TPSA) is 33.7 Å². The lowest BCUT2D eigenvalue weighted by Crippen LogP contribution is -2.36. The van der Waals surface area contributed by atoms with Crippen LogP contribution in [-0.2, 0) is 19.5 Å². The van der Waals surface area contributed by atoms with Crippen LogP contribution < -0.4 is 14.8 Å². The van der Waals surface area contributed by atoms with E-state index in [-0.39, 0.29) is 6.17 Å². The van der Waals surface area contributed by atoms with Crippen LogP contribution in [0.3, 0.4) is 0 Å². The Labute approximate surface area is 170 Å². The first-order chi connectivity index (χ1) is 13.7. The molecular formula is C23H26N2O2S. The largest absolute Gasteiger partial charge is 0.497 e. The number of nitrogens with zero attached hydrogens (tertiary/aromatic N) is 1. The zero-order chi connectivity index (χ0) is 19.5. The average Bonchev–Trinajstić information content (AvgIpc) is 3.22. The molecule has 3 aromatic rings. The van der Waals surface area contributed by atoms with Crippen LogP contribution in [0, 0.1) is 0 Å². The van der Waals surface area contributed by atoms with Crippen molar-refractivity contribution in [2.45, 2.75) is 32.6 Å². The summed E-state index contributed by atoms with van der Waals surface area (Å²) in [6.45, 7) is 3.89. The van der Waals surface area contributed by atoms with E-state index in [2.05, 4.69) is 59.6 Å². The van der Waals surface area contributed by atoms with Crippen LogP contribution >= 0.6 is 11.3 Å². The fraction of sp³-hybridized carbons (Fsp3) is 0.304. The Balaban J connectivity index is 1.68.